The maximum atomic E-state index is 10.6. The molecular formula is C7H4BrClO3. The van der Waals surface area contributed by atoms with Gasteiger partial charge in [0.05, 0.1) is 4.47 Å². The Morgan fingerprint density at radius 1 is 1.58 bits per heavy atom. The van der Waals surface area contributed by atoms with Gasteiger partial charge in [-0.1, -0.05) is 6.07 Å². The van der Waals surface area contributed by atoms with Gasteiger partial charge < -0.3 is 9.40 Å². The smallest absolute Gasteiger partial charge is 0.339 e. The Morgan fingerprint density at radius 3 is 2.67 bits per heavy atom. The lowest BCUT2D eigenvalue weighted by Gasteiger charge is -2.02. The van der Waals surface area contributed by atoms with Crippen molar-refractivity contribution < 1.29 is 14.2 Å². The standard InChI is InChI=1S/C7H4BrClO3/c8-5-3-1-2-4(7(10)11)6(5)12-9/h1-3H,(H,10,11). The van der Waals surface area contributed by atoms with Crippen LogP contribution in [0.3, 0.4) is 0 Å². The molecule has 0 aliphatic heterocycles. The normalized spacial score (nSPS) is 9.50. The molecule has 0 aliphatic rings. The maximum Gasteiger partial charge on any atom is 0.339 e. The van der Waals surface area contributed by atoms with E-state index in [4.69, 9.17) is 17.0 Å². The number of rotatable bonds is 2. The Labute approximate surface area is 82.2 Å². The van der Waals surface area contributed by atoms with Gasteiger partial charge in [-0.25, -0.2) is 4.79 Å². The first-order valence-electron chi connectivity index (χ1n) is 2.97. The zero-order valence-corrected chi connectivity index (χ0v) is 8.09. The Balaban J connectivity index is 3.27. The molecule has 0 radical (unpaired) electrons. The van der Waals surface area contributed by atoms with E-state index in [0.29, 0.717) is 4.47 Å². The second kappa shape index (κ2) is 3.78. The molecule has 0 unspecified atom stereocenters. The Morgan fingerprint density at radius 2 is 2.25 bits per heavy atom. The summed E-state index contributed by atoms with van der Waals surface area (Å²) in [5.74, 6) is -0.960. The quantitative estimate of drug-likeness (QED) is 0.879. The minimum absolute atomic E-state index is 0.0272. The number of hydrogen-bond acceptors (Lipinski definition) is 2. The van der Waals surface area contributed by atoms with E-state index in [-0.39, 0.29) is 11.3 Å². The molecule has 0 fully saturated rings. The van der Waals surface area contributed by atoms with Crippen LogP contribution in [-0.4, -0.2) is 11.1 Å². The highest BCUT2D eigenvalue weighted by atomic mass is 79.9. The fourth-order valence-electron chi connectivity index (χ4n) is 0.756. The van der Waals surface area contributed by atoms with Gasteiger partial charge in [-0.3, -0.25) is 0 Å². The lowest BCUT2D eigenvalue weighted by Crippen LogP contribution is -1.98. The fourth-order valence-corrected chi connectivity index (χ4v) is 1.46. The summed E-state index contributed by atoms with van der Waals surface area (Å²) in [7, 11) is 0. The average molecular weight is 251 g/mol. The van der Waals surface area contributed by atoms with Crippen molar-refractivity contribution in [1.29, 1.82) is 0 Å². The van der Waals surface area contributed by atoms with Crippen LogP contribution in [0.15, 0.2) is 22.7 Å². The van der Waals surface area contributed by atoms with E-state index in [1.165, 1.54) is 6.07 Å². The topological polar surface area (TPSA) is 46.5 Å². The Bertz CT molecular complexity index is 314. The van der Waals surface area contributed by atoms with Crippen LogP contribution in [0.1, 0.15) is 10.4 Å². The molecule has 1 rings (SSSR count). The summed E-state index contributed by atoms with van der Waals surface area (Å²) in [6, 6.07) is 4.64. The van der Waals surface area contributed by atoms with Gasteiger partial charge in [0.2, 0.25) is 0 Å². The van der Waals surface area contributed by atoms with Gasteiger partial charge in [0.1, 0.15) is 17.4 Å². The van der Waals surface area contributed by atoms with Gasteiger partial charge in [-0.2, -0.15) is 0 Å². The number of hydrogen-bond donors (Lipinski definition) is 1. The van der Waals surface area contributed by atoms with Gasteiger partial charge in [-0.15, -0.1) is 0 Å². The van der Waals surface area contributed by atoms with Crippen molar-refractivity contribution in [3.05, 3.63) is 28.2 Å². The number of carboxylic acids is 1. The summed E-state index contributed by atoms with van der Waals surface area (Å²) in [6.07, 6.45) is 0. The largest absolute Gasteiger partial charge is 0.478 e. The van der Waals surface area contributed by atoms with Crippen LogP contribution in [0.2, 0.25) is 0 Å². The molecule has 0 saturated carbocycles. The van der Waals surface area contributed by atoms with Crippen molar-refractivity contribution in [3.8, 4) is 5.75 Å². The number of carboxylic acid groups (broad SMARTS) is 1. The van der Waals surface area contributed by atoms with Gasteiger partial charge in [0.25, 0.3) is 0 Å². The van der Waals surface area contributed by atoms with Crippen molar-refractivity contribution in [2.45, 2.75) is 0 Å². The number of carbonyl (C=O) groups is 1. The zero-order chi connectivity index (χ0) is 9.14. The van der Waals surface area contributed by atoms with E-state index >= 15 is 0 Å². The Hall–Kier alpha value is -0.740. The summed E-state index contributed by atoms with van der Waals surface area (Å²) in [5, 5.41) is 8.66. The lowest BCUT2D eigenvalue weighted by molar-refractivity contribution is 0.0695. The first-order valence-corrected chi connectivity index (χ1v) is 4.07. The zero-order valence-electron chi connectivity index (χ0n) is 5.75. The summed E-state index contributed by atoms with van der Waals surface area (Å²) >= 11 is 8.19. The highest BCUT2D eigenvalue weighted by molar-refractivity contribution is 9.10. The van der Waals surface area contributed by atoms with Crippen LogP contribution in [-0.2, 0) is 0 Å². The molecule has 12 heavy (non-hydrogen) atoms. The minimum atomic E-state index is -1.08. The minimum Gasteiger partial charge on any atom is -0.478 e. The molecule has 0 heterocycles. The van der Waals surface area contributed by atoms with Crippen molar-refractivity contribution in [2.75, 3.05) is 0 Å². The summed E-state index contributed by atoms with van der Waals surface area (Å²) < 4.78 is 4.89. The number of aromatic carboxylic acids is 1. The van der Waals surface area contributed by atoms with Crippen LogP contribution in [0, 0.1) is 0 Å². The van der Waals surface area contributed by atoms with Crippen molar-refractivity contribution in [2.24, 2.45) is 0 Å². The number of halogens is 2. The second-order valence-corrected chi connectivity index (χ2v) is 3.01. The first kappa shape index (κ1) is 9.35. The molecule has 5 heteroatoms. The van der Waals surface area contributed by atoms with E-state index in [2.05, 4.69) is 20.2 Å². The van der Waals surface area contributed by atoms with Crippen LogP contribution >= 0.6 is 27.8 Å². The first-order chi connectivity index (χ1) is 5.66. The van der Waals surface area contributed by atoms with Crippen molar-refractivity contribution in [3.63, 3.8) is 0 Å². The predicted molar refractivity (Wildman–Crippen MR) is 47.6 cm³/mol. The molecule has 1 aromatic rings. The molecule has 0 aliphatic carbocycles. The van der Waals surface area contributed by atoms with E-state index in [0.717, 1.165) is 0 Å². The molecule has 0 amide bonds. The van der Waals surface area contributed by atoms with Gasteiger partial charge in [0, 0.05) is 0 Å². The molecule has 0 atom stereocenters. The SMILES string of the molecule is O=C(O)c1cccc(Br)c1OCl. The van der Waals surface area contributed by atoms with Crippen LogP contribution < -0.4 is 4.29 Å². The molecule has 0 spiro atoms. The van der Waals surface area contributed by atoms with Gasteiger partial charge >= 0.3 is 5.97 Å². The number of para-hydroxylation sites is 1. The summed E-state index contributed by atoms with van der Waals surface area (Å²) in [5.41, 5.74) is 0.0272. The molecule has 0 aromatic heterocycles. The highest BCUT2D eigenvalue weighted by Crippen LogP contribution is 2.29. The third-order valence-corrected chi connectivity index (χ3v) is 2.05. The van der Waals surface area contributed by atoms with Gasteiger partial charge in [-0.05, 0) is 28.1 Å². The van der Waals surface area contributed by atoms with E-state index in [1.807, 2.05) is 0 Å². The lowest BCUT2D eigenvalue weighted by atomic mass is 10.2. The molecule has 1 aromatic carbocycles. The van der Waals surface area contributed by atoms with Crippen molar-refractivity contribution >= 4 is 33.8 Å². The molecule has 1 N–H and O–H groups in total. The van der Waals surface area contributed by atoms with Crippen LogP contribution in [0.25, 0.3) is 0 Å². The molecule has 0 bridgehead atoms. The van der Waals surface area contributed by atoms with Crippen LogP contribution in [0.4, 0.5) is 0 Å². The average Bonchev–Trinajstić information content (AvgIpc) is 2.03. The maximum absolute atomic E-state index is 10.6. The molecular weight excluding hydrogens is 247 g/mol. The van der Waals surface area contributed by atoms with E-state index in [1.54, 1.807) is 12.1 Å². The fraction of sp³-hybridized carbons (Fsp3) is 0. The Kier molecular flexibility index (Phi) is 2.94. The predicted octanol–water partition coefficient (Wildman–Crippen LogP) is 2.68. The van der Waals surface area contributed by atoms with Crippen LogP contribution in [0.5, 0.6) is 5.75 Å². The number of benzene rings is 1. The van der Waals surface area contributed by atoms with E-state index < -0.39 is 5.97 Å². The molecule has 64 valence electrons. The van der Waals surface area contributed by atoms with Gasteiger partial charge in [0.15, 0.2) is 5.75 Å². The summed E-state index contributed by atoms with van der Waals surface area (Å²) in [4.78, 5) is 10.6. The van der Waals surface area contributed by atoms with Crippen molar-refractivity contribution in [1.82, 2.24) is 0 Å². The highest BCUT2D eigenvalue weighted by Gasteiger charge is 2.13. The third-order valence-electron chi connectivity index (χ3n) is 1.27. The molecule has 3 nitrogen and oxygen atoms in total. The molecule has 0 saturated heterocycles. The third kappa shape index (κ3) is 1.70. The summed E-state index contributed by atoms with van der Waals surface area (Å²) in [6.45, 7) is 0. The second-order valence-electron chi connectivity index (χ2n) is 2.00. The monoisotopic (exact) mass is 250 g/mol. The van der Waals surface area contributed by atoms with E-state index in [9.17, 15) is 4.79 Å².